The lowest BCUT2D eigenvalue weighted by Gasteiger charge is -2.47. The summed E-state index contributed by atoms with van der Waals surface area (Å²) in [5.41, 5.74) is 18.2. The van der Waals surface area contributed by atoms with E-state index in [-0.39, 0.29) is 5.41 Å². The number of anilines is 3. The first-order valence-corrected chi connectivity index (χ1v) is 19.2. The van der Waals surface area contributed by atoms with Crippen LogP contribution in [0.3, 0.4) is 0 Å². The SMILES string of the molecule is CC1(C)c2ccccc2C2(C3=C(CCC=C3)c3ccc(N(c4ccc(-c5ccccc5)cc4)c4ccc5c(c4)oc4ccccc45)cc32)c2ccccc21. The molecule has 0 saturated heterocycles. The highest BCUT2D eigenvalue weighted by atomic mass is 16.3. The average Bonchev–Trinajstić information content (AvgIpc) is 3.74. The van der Waals surface area contributed by atoms with Gasteiger partial charge in [0.1, 0.15) is 11.2 Å². The fourth-order valence-corrected chi connectivity index (χ4v) is 10.0. The summed E-state index contributed by atoms with van der Waals surface area (Å²) >= 11 is 0. The van der Waals surface area contributed by atoms with Gasteiger partial charge in [-0.15, -0.1) is 0 Å². The minimum atomic E-state index is -0.425. The maximum Gasteiger partial charge on any atom is 0.137 e. The Bertz CT molecular complexity index is 2800. The molecule has 8 aromatic rings. The number of nitrogens with zero attached hydrogens (tertiary/aromatic N) is 1. The van der Waals surface area contributed by atoms with Crippen molar-refractivity contribution in [3.8, 4) is 11.1 Å². The minimum absolute atomic E-state index is 0.133. The van der Waals surface area contributed by atoms with Crippen LogP contribution in [-0.2, 0) is 10.8 Å². The van der Waals surface area contributed by atoms with Crippen LogP contribution in [0, 0.1) is 0 Å². The van der Waals surface area contributed by atoms with Crippen molar-refractivity contribution < 1.29 is 4.42 Å². The molecule has 1 aromatic heterocycles. The Hall–Kier alpha value is -6.38. The Morgan fingerprint density at radius 2 is 1.09 bits per heavy atom. The van der Waals surface area contributed by atoms with E-state index >= 15 is 0 Å². The molecule has 0 saturated carbocycles. The van der Waals surface area contributed by atoms with Crippen molar-refractivity contribution in [2.24, 2.45) is 0 Å². The van der Waals surface area contributed by atoms with Crippen molar-refractivity contribution in [1.82, 2.24) is 0 Å². The van der Waals surface area contributed by atoms with Gasteiger partial charge in [0.25, 0.3) is 0 Å². The molecule has 1 spiro atoms. The monoisotopic (exact) mass is 693 g/mol. The third-order valence-electron chi connectivity index (χ3n) is 12.4. The van der Waals surface area contributed by atoms with Gasteiger partial charge in [0.15, 0.2) is 0 Å². The molecule has 3 aliphatic rings. The number of hydrogen-bond acceptors (Lipinski definition) is 2. The molecule has 3 aliphatic carbocycles. The minimum Gasteiger partial charge on any atom is -0.456 e. The topological polar surface area (TPSA) is 16.4 Å². The maximum absolute atomic E-state index is 6.48. The molecule has 0 N–H and O–H groups in total. The maximum atomic E-state index is 6.48. The fourth-order valence-electron chi connectivity index (χ4n) is 10.0. The molecule has 0 unspecified atom stereocenters. The zero-order valence-electron chi connectivity index (χ0n) is 30.5. The van der Waals surface area contributed by atoms with Crippen LogP contribution in [0.5, 0.6) is 0 Å². The summed E-state index contributed by atoms with van der Waals surface area (Å²) in [7, 11) is 0. The number of para-hydroxylation sites is 1. The van der Waals surface area contributed by atoms with E-state index in [1.807, 2.05) is 6.07 Å². The van der Waals surface area contributed by atoms with Crippen molar-refractivity contribution in [2.45, 2.75) is 37.5 Å². The molecule has 0 fully saturated rings. The number of furan rings is 1. The van der Waals surface area contributed by atoms with Gasteiger partial charge in [-0.25, -0.2) is 0 Å². The predicted octanol–water partition coefficient (Wildman–Crippen LogP) is 13.8. The first kappa shape index (κ1) is 31.2. The molecule has 0 atom stereocenters. The van der Waals surface area contributed by atoms with Crippen LogP contribution in [-0.4, -0.2) is 0 Å². The first-order chi connectivity index (χ1) is 26.5. The highest BCUT2D eigenvalue weighted by molar-refractivity contribution is 6.06. The van der Waals surface area contributed by atoms with Gasteiger partial charge in [0.2, 0.25) is 0 Å². The summed E-state index contributed by atoms with van der Waals surface area (Å²) in [6.07, 6.45) is 6.94. The summed E-state index contributed by atoms with van der Waals surface area (Å²) in [4.78, 5) is 2.41. The van der Waals surface area contributed by atoms with Crippen molar-refractivity contribution in [3.63, 3.8) is 0 Å². The molecule has 0 radical (unpaired) electrons. The Labute approximate surface area is 316 Å². The normalized spacial score (nSPS) is 16.0. The Balaban J connectivity index is 1.17. The lowest BCUT2D eigenvalue weighted by atomic mass is 9.55. The van der Waals surface area contributed by atoms with Crippen LogP contribution in [0.1, 0.15) is 60.1 Å². The number of allylic oxidation sites excluding steroid dienone is 4. The molecule has 11 rings (SSSR count). The van der Waals surface area contributed by atoms with Gasteiger partial charge in [0.05, 0.1) is 5.41 Å². The zero-order chi connectivity index (χ0) is 36.0. The molecule has 0 bridgehead atoms. The zero-order valence-corrected chi connectivity index (χ0v) is 30.5. The summed E-state index contributed by atoms with van der Waals surface area (Å²) in [5, 5.41) is 2.27. The Kier molecular flexibility index (Phi) is 6.67. The summed E-state index contributed by atoms with van der Waals surface area (Å²) in [6, 6.07) is 60.3. The molecule has 0 amide bonds. The molecule has 54 heavy (non-hydrogen) atoms. The van der Waals surface area contributed by atoms with Gasteiger partial charge in [-0.1, -0.05) is 141 Å². The Morgan fingerprint density at radius 1 is 0.500 bits per heavy atom. The molecule has 1 heterocycles. The first-order valence-electron chi connectivity index (χ1n) is 19.2. The lowest BCUT2D eigenvalue weighted by molar-refractivity contribution is 0.561. The average molecular weight is 694 g/mol. The predicted molar refractivity (Wildman–Crippen MR) is 224 cm³/mol. The summed E-state index contributed by atoms with van der Waals surface area (Å²) in [5.74, 6) is 0. The van der Waals surface area contributed by atoms with E-state index in [1.54, 1.807) is 0 Å². The number of hydrogen-bond donors (Lipinski definition) is 0. The third-order valence-corrected chi connectivity index (χ3v) is 12.4. The van der Waals surface area contributed by atoms with Gasteiger partial charge in [-0.05, 0) is 111 Å². The van der Waals surface area contributed by atoms with Crippen LogP contribution in [0.2, 0.25) is 0 Å². The van der Waals surface area contributed by atoms with Crippen molar-refractivity contribution in [1.29, 1.82) is 0 Å². The molecular formula is C52H39NO. The highest BCUT2D eigenvalue weighted by Crippen LogP contribution is 2.63. The van der Waals surface area contributed by atoms with Gasteiger partial charge < -0.3 is 9.32 Å². The van der Waals surface area contributed by atoms with E-state index < -0.39 is 5.41 Å². The van der Waals surface area contributed by atoms with Gasteiger partial charge >= 0.3 is 0 Å². The van der Waals surface area contributed by atoms with Crippen LogP contribution in [0.15, 0.2) is 186 Å². The lowest BCUT2D eigenvalue weighted by Crippen LogP contribution is -2.41. The van der Waals surface area contributed by atoms with Gasteiger partial charge in [-0.3, -0.25) is 0 Å². The number of rotatable bonds is 4. The molecule has 2 heteroatoms. The molecule has 7 aromatic carbocycles. The third kappa shape index (κ3) is 4.28. The number of fused-ring (bicyclic) bond motifs is 11. The standard InChI is InChI=1S/C52H39NO/c1-51(2)44-19-9-11-21-46(44)52(47-22-12-10-20-45(47)51)43-18-8-6-16-39(43)40-30-28-37(32-48(40)52)53(36-26-24-35(25-27-36)34-14-4-3-5-15-34)38-29-31-42-41-17-7-13-23-49(41)54-50(42)33-38/h3-5,7-15,17-33H,6,16H2,1-2H3. The smallest absolute Gasteiger partial charge is 0.137 e. The Morgan fingerprint density at radius 3 is 1.85 bits per heavy atom. The van der Waals surface area contributed by atoms with E-state index in [0.29, 0.717) is 0 Å². The fraction of sp³-hybridized carbons (Fsp3) is 0.115. The van der Waals surface area contributed by atoms with E-state index in [2.05, 4.69) is 189 Å². The highest BCUT2D eigenvalue weighted by Gasteiger charge is 2.54. The number of benzene rings is 7. The second-order valence-electron chi connectivity index (χ2n) is 15.6. The van der Waals surface area contributed by atoms with Gasteiger partial charge in [0, 0.05) is 39.3 Å². The van der Waals surface area contributed by atoms with Crippen LogP contribution < -0.4 is 4.90 Å². The molecule has 258 valence electrons. The van der Waals surface area contributed by atoms with Crippen LogP contribution in [0.4, 0.5) is 17.1 Å². The van der Waals surface area contributed by atoms with Crippen LogP contribution >= 0.6 is 0 Å². The van der Waals surface area contributed by atoms with Crippen molar-refractivity contribution in [3.05, 3.63) is 215 Å². The molecule has 2 nitrogen and oxygen atoms in total. The second-order valence-corrected chi connectivity index (χ2v) is 15.6. The van der Waals surface area contributed by atoms with Crippen LogP contribution in [0.25, 0.3) is 38.6 Å². The largest absolute Gasteiger partial charge is 0.456 e. The summed E-state index contributed by atoms with van der Waals surface area (Å²) < 4.78 is 6.48. The quantitative estimate of drug-likeness (QED) is 0.182. The second kappa shape index (κ2) is 11.6. The van der Waals surface area contributed by atoms with E-state index in [4.69, 9.17) is 4.42 Å². The molecular weight excluding hydrogens is 655 g/mol. The summed E-state index contributed by atoms with van der Waals surface area (Å²) in [6.45, 7) is 4.79. The molecule has 0 aliphatic heterocycles. The van der Waals surface area contributed by atoms with E-state index in [1.165, 1.54) is 55.7 Å². The van der Waals surface area contributed by atoms with E-state index in [0.717, 1.165) is 51.8 Å². The van der Waals surface area contributed by atoms with Crippen molar-refractivity contribution in [2.75, 3.05) is 4.90 Å². The van der Waals surface area contributed by atoms with Gasteiger partial charge in [-0.2, -0.15) is 0 Å². The van der Waals surface area contributed by atoms with Crippen molar-refractivity contribution >= 4 is 44.6 Å². The van der Waals surface area contributed by atoms with E-state index in [9.17, 15) is 0 Å².